The molecule has 146 valence electrons. The van der Waals surface area contributed by atoms with Crippen LogP contribution in [0.5, 0.6) is 0 Å². The number of nitrogens with zero attached hydrogens (tertiary/aromatic N) is 2. The maximum absolute atomic E-state index is 13.8. The van der Waals surface area contributed by atoms with Gasteiger partial charge in [-0.15, -0.1) is 0 Å². The third-order valence-electron chi connectivity index (χ3n) is 3.90. The SMILES string of the molecule is O=C(CSc1nc2ccccc2c(=O)n1CCCO)Nc1ccc(Cl)cc1F. The number of aliphatic hydroxyl groups excluding tert-OH is 1. The summed E-state index contributed by atoms with van der Waals surface area (Å²) in [6.07, 6.45) is 0.385. The highest BCUT2D eigenvalue weighted by atomic mass is 35.5. The standard InChI is InChI=1S/C19H17ClFN3O3S/c20-12-6-7-16(14(21)10-12)22-17(26)11-28-19-23-15-5-2-1-4-13(15)18(27)24(19)8-3-9-25/h1-2,4-7,10,25H,3,8-9,11H2,(H,22,26). The van der Waals surface area contributed by atoms with Crippen LogP contribution in [0.25, 0.3) is 10.9 Å². The Balaban J connectivity index is 1.80. The van der Waals surface area contributed by atoms with Crippen molar-refractivity contribution in [2.75, 3.05) is 17.7 Å². The van der Waals surface area contributed by atoms with Crippen LogP contribution in [0.3, 0.4) is 0 Å². The zero-order valence-electron chi connectivity index (χ0n) is 14.7. The Hall–Kier alpha value is -2.42. The third-order valence-corrected chi connectivity index (χ3v) is 5.12. The minimum atomic E-state index is -0.630. The molecule has 1 aromatic heterocycles. The van der Waals surface area contributed by atoms with Crippen LogP contribution >= 0.6 is 23.4 Å². The van der Waals surface area contributed by atoms with Crippen molar-refractivity contribution in [2.24, 2.45) is 0 Å². The summed E-state index contributed by atoms with van der Waals surface area (Å²) in [5.74, 6) is -1.14. The summed E-state index contributed by atoms with van der Waals surface area (Å²) in [6, 6.07) is 10.9. The number of hydrogen-bond acceptors (Lipinski definition) is 5. The predicted octanol–water partition coefficient (Wildman–Crippen LogP) is 3.30. The molecule has 0 aliphatic carbocycles. The molecule has 0 aliphatic heterocycles. The fourth-order valence-corrected chi connectivity index (χ4v) is 3.58. The first-order valence-corrected chi connectivity index (χ1v) is 9.84. The van der Waals surface area contributed by atoms with E-state index in [1.807, 2.05) is 0 Å². The predicted molar refractivity (Wildman–Crippen MR) is 108 cm³/mol. The molecule has 0 atom stereocenters. The Morgan fingerprint density at radius 2 is 2.07 bits per heavy atom. The lowest BCUT2D eigenvalue weighted by Gasteiger charge is -2.12. The van der Waals surface area contributed by atoms with Gasteiger partial charge in [0.05, 0.1) is 22.3 Å². The number of amides is 1. The lowest BCUT2D eigenvalue weighted by molar-refractivity contribution is -0.113. The van der Waals surface area contributed by atoms with E-state index in [4.69, 9.17) is 16.7 Å². The van der Waals surface area contributed by atoms with Gasteiger partial charge in [0.1, 0.15) is 5.82 Å². The van der Waals surface area contributed by atoms with Crippen molar-refractivity contribution in [3.05, 3.63) is 63.7 Å². The van der Waals surface area contributed by atoms with E-state index in [9.17, 15) is 14.0 Å². The van der Waals surface area contributed by atoms with Crippen molar-refractivity contribution in [3.8, 4) is 0 Å². The van der Waals surface area contributed by atoms with Gasteiger partial charge in [-0.3, -0.25) is 14.2 Å². The van der Waals surface area contributed by atoms with Crippen LogP contribution in [-0.4, -0.2) is 32.9 Å². The number of fused-ring (bicyclic) bond motifs is 1. The minimum Gasteiger partial charge on any atom is -0.396 e. The van der Waals surface area contributed by atoms with Gasteiger partial charge in [0, 0.05) is 18.2 Å². The second-order valence-corrected chi connectivity index (χ2v) is 7.29. The maximum Gasteiger partial charge on any atom is 0.262 e. The summed E-state index contributed by atoms with van der Waals surface area (Å²) >= 11 is 6.77. The Labute approximate surface area is 169 Å². The molecule has 0 radical (unpaired) electrons. The van der Waals surface area contributed by atoms with E-state index in [2.05, 4.69) is 10.3 Å². The monoisotopic (exact) mass is 421 g/mol. The van der Waals surface area contributed by atoms with Gasteiger partial charge in [-0.2, -0.15) is 0 Å². The molecular formula is C19H17ClFN3O3S. The number of benzene rings is 2. The normalized spacial score (nSPS) is 11.0. The van der Waals surface area contributed by atoms with Crippen LogP contribution in [0, 0.1) is 5.82 Å². The Kier molecular flexibility index (Phi) is 6.66. The van der Waals surface area contributed by atoms with Crippen molar-refractivity contribution in [1.82, 2.24) is 9.55 Å². The van der Waals surface area contributed by atoms with Gasteiger partial charge < -0.3 is 10.4 Å². The van der Waals surface area contributed by atoms with E-state index in [0.29, 0.717) is 22.5 Å². The first-order chi connectivity index (χ1) is 13.5. The molecule has 0 saturated heterocycles. The zero-order chi connectivity index (χ0) is 20.1. The molecule has 0 fully saturated rings. The molecule has 0 saturated carbocycles. The van der Waals surface area contributed by atoms with Crippen LogP contribution in [0.2, 0.25) is 5.02 Å². The summed E-state index contributed by atoms with van der Waals surface area (Å²) in [7, 11) is 0. The fourth-order valence-electron chi connectivity index (χ4n) is 2.59. The van der Waals surface area contributed by atoms with Gasteiger partial charge in [-0.1, -0.05) is 35.5 Å². The summed E-state index contributed by atoms with van der Waals surface area (Å²) in [5.41, 5.74) is 0.323. The minimum absolute atomic E-state index is 0.0270. The van der Waals surface area contributed by atoms with Gasteiger partial charge in [0.25, 0.3) is 5.56 Å². The van der Waals surface area contributed by atoms with E-state index in [1.165, 1.54) is 16.7 Å². The third kappa shape index (κ3) is 4.70. The van der Waals surface area contributed by atoms with Gasteiger partial charge in [-0.05, 0) is 36.8 Å². The number of halogens is 2. The summed E-state index contributed by atoms with van der Waals surface area (Å²) < 4.78 is 15.3. The number of anilines is 1. The number of thioether (sulfide) groups is 1. The average molecular weight is 422 g/mol. The molecular weight excluding hydrogens is 405 g/mol. The van der Waals surface area contributed by atoms with E-state index in [1.54, 1.807) is 24.3 Å². The number of rotatable bonds is 7. The lowest BCUT2D eigenvalue weighted by Crippen LogP contribution is -2.25. The molecule has 3 rings (SSSR count). The highest BCUT2D eigenvalue weighted by Crippen LogP contribution is 2.21. The molecule has 0 aliphatic rings. The second kappa shape index (κ2) is 9.18. The first kappa shape index (κ1) is 20.3. The van der Waals surface area contributed by atoms with Crippen molar-refractivity contribution in [1.29, 1.82) is 0 Å². The van der Waals surface area contributed by atoms with E-state index < -0.39 is 11.7 Å². The van der Waals surface area contributed by atoms with Crippen LogP contribution in [0.15, 0.2) is 52.4 Å². The van der Waals surface area contributed by atoms with Crippen LogP contribution < -0.4 is 10.9 Å². The fraction of sp³-hybridized carbons (Fsp3) is 0.211. The molecule has 0 unspecified atom stereocenters. The van der Waals surface area contributed by atoms with Crippen molar-refractivity contribution in [3.63, 3.8) is 0 Å². The lowest BCUT2D eigenvalue weighted by atomic mass is 10.2. The van der Waals surface area contributed by atoms with Crippen LogP contribution in [0.1, 0.15) is 6.42 Å². The quantitative estimate of drug-likeness (QED) is 0.451. The van der Waals surface area contributed by atoms with Crippen molar-refractivity contribution >= 4 is 45.9 Å². The van der Waals surface area contributed by atoms with Gasteiger partial charge in [0.2, 0.25) is 5.91 Å². The molecule has 9 heteroatoms. The number of aromatic nitrogens is 2. The summed E-state index contributed by atoms with van der Waals surface area (Å²) in [6.45, 7) is 0.211. The average Bonchev–Trinajstić information content (AvgIpc) is 2.68. The molecule has 28 heavy (non-hydrogen) atoms. The number of carbonyl (C=O) groups is 1. The second-order valence-electron chi connectivity index (χ2n) is 5.91. The largest absolute Gasteiger partial charge is 0.396 e. The van der Waals surface area contributed by atoms with Crippen molar-refractivity contribution < 1.29 is 14.3 Å². The maximum atomic E-state index is 13.8. The highest BCUT2D eigenvalue weighted by Gasteiger charge is 2.14. The Morgan fingerprint density at radius 1 is 1.29 bits per heavy atom. The first-order valence-electron chi connectivity index (χ1n) is 8.47. The summed E-state index contributed by atoms with van der Waals surface area (Å²) in [4.78, 5) is 29.4. The Morgan fingerprint density at radius 3 is 2.82 bits per heavy atom. The molecule has 0 spiro atoms. The molecule has 6 nitrogen and oxygen atoms in total. The van der Waals surface area contributed by atoms with Crippen LogP contribution in [0.4, 0.5) is 10.1 Å². The van der Waals surface area contributed by atoms with E-state index in [-0.39, 0.29) is 35.2 Å². The number of nitrogens with one attached hydrogen (secondary N) is 1. The topological polar surface area (TPSA) is 84.2 Å². The molecule has 1 heterocycles. The number of hydrogen-bond donors (Lipinski definition) is 2. The molecule has 3 aromatic rings. The van der Waals surface area contributed by atoms with Gasteiger partial charge in [-0.25, -0.2) is 9.37 Å². The molecule has 0 bridgehead atoms. The molecule has 2 aromatic carbocycles. The smallest absolute Gasteiger partial charge is 0.262 e. The van der Waals surface area contributed by atoms with E-state index >= 15 is 0 Å². The van der Waals surface area contributed by atoms with Gasteiger partial charge in [0.15, 0.2) is 5.16 Å². The Bertz CT molecular complexity index is 1070. The number of aliphatic hydroxyl groups is 1. The number of carbonyl (C=O) groups excluding carboxylic acids is 1. The van der Waals surface area contributed by atoms with Gasteiger partial charge >= 0.3 is 0 Å². The summed E-state index contributed by atoms with van der Waals surface area (Å²) in [5, 5.41) is 12.6. The number of para-hydroxylation sites is 1. The van der Waals surface area contributed by atoms with Crippen molar-refractivity contribution in [2.45, 2.75) is 18.1 Å². The molecule has 1 amide bonds. The molecule has 2 N–H and O–H groups in total. The highest BCUT2D eigenvalue weighted by molar-refractivity contribution is 7.99. The van der Waals surface area contributed by atoms with Crippen LogP contribution in [-0.2, 0) is 11.3 Å². The van der Waals surface area contributed by atoms with E-state index in [0.717, 1.165) is 17.8 Å². The zero-order valence-corrected chi connectivity index (χ0v) is 16.3.